The van der Waals surface area contributed by atoms with E-state index in [1.807, 2.05) is 0 Å². The Kier molecular flexibility index (Phi) is 5.69. The first kappa shape index (κ1) is 16.6. The van der Waals surface area contributed by atoms with Crippen LogP contribution in [-0.2, 0) is 4.79 Å². The van der Waals surface area contributed by atoms with Crippen molar-refractivity contribution in [3.8, 4) is 5.75 Å². The molecule has 0 saturated carbocycles. The summed E-state index contributed by atoms with van der Waals surface area (Å²) < 4.78 is 17.9. The third-order valence-corrected chi connectivity index (χ3v) is 4.32. The minimum Gasteiger partial charge on any atom is -0.495 e. The van der Waals surface area contributed by atoms with E-state index in [0.717, 1.165) is 4.90 Å². The van der Waals surface area contributed by atoms with Crippen molar-refractivity contribution in [2.24, 2.45) is 0 Å². The molecule has 3 nitrogen and oxygen atoms in total. The smallest absolute Gasteiger partial charge is 0.237 e. The van der Waals surface area contributed by atoms with Crippen LogP contribution in [0.1, 0.15) is 6.92 Å². The van der Waals surface area contributed by atoms with Crippen molar-refractivity contribution in [3.63, 3.8) is 0 Å². The molecule has 0 aliphatic heterocycles. The second-order valence-electron chi connectivity index (χ2n) is 4.55. The van der Waals surface area contributed by atoms with E-state index in [4.69, 9.17) is 16.3 Å². The summed E-state index contributed by atoms with van der Waals surface area (Å²) in [6, 6.07) is 11.1. The van der Waals surface area contributed by atoms with Crippen LogP contribution in [0, 0.1) is 5.82 Å². The molecule has 1 atom stereocenters. The van der Waals surface area contributed by atoms with Crippen LogP contribution in [-0.4, -0.2) is 18.3 Å². The Morgan fingerprint density at radius 2 is 1.95 bits per heavy atom. The van der Waals surface area contributed by atoms with Crippen LogP contribution < -0.4 is 10.1 Å². The van der Waals surface area contributed by atoms with Gasteiger partial charge in [0.2, 0.25) is 5.91 Å². The van der Waals surface area contributed by atoms with Crippen LogP contribution in [0.25, 0.3) is 0 Å². The zero-order valence-corrected chi connectivity index (χ0v) is 13.7. The quantitative estimate of drug-likeness (QED) is 0.808. The molecule has 0 aliphatic rings. The Bertz CT molecular complexity index is 664. The molecule has 22 heavy (non-hydrogen) atoms. The zero-order chi connectivity index (χ0) is 16.1. The molecular weight excluding hydrogens is 325 g/mol. The highest BCUT2D eigenvalue weighted by molar-refractivity contribution is 8.00. The van der Waals surface area contributed by atoms with Gasteiger partial charge < -0.3 is 10.1 Å². The van der Waals surface area contributed by atoms with E-state index in [9.17, 15) is 9.18 Å². The highest BCUT2D eigenvalue weighted by atomic mass is 35.5. The maximum absolute atomic E-state index is 12.9. The fraction of sp³-hybridized carbons (Fsp3) is 0.188. The van der Waals surface area contributed by atoms with Crippen molar-refractivity contribution in [1.29, 1.82) is 0 Å². The van der Waals surface area contributed by atoms with Gasteiger partial charge in [-0.05, 0) is 49.4 Å². The summed E-state index contributed by atoms with van der Waals surface area (Å²) in [5, 5.41) is 2.89. The molecule has 0 bridgehead atoms. The number of carbonyl (C=O) groups is 1. The first-order chi connectivity index (χ1) is 10.5. The van der Waals surface area contributed by atoms with Gasteiger partial charge in [0.05, 0.1) is 17.4 Å². The van der Waals surface area contributed by atoms with E-state index in [-0.39, 0.29) is 17.0 Å². The molecule has 2 rings (SSSR count). The molecule has 0 aromatic heterocycles. The van der Waals surface area contributed by atoms with Crippen LogP contribution in [0.3, 0.4) is 0 Å². The molecule has 1 N–H and O–H groups in total. The highest BCUT2D eigenvalue weighted by Gasteiger charge is 2.15. The summed E-state index contributed by atoms with van der Waals surface area (Å²) in [7, 11) is 1.53. The number of benzene rings is 2. The maximum atomic E-state index is 12.9. The maximum Gasteiger partial charge on any atom is 0.237 e. The predicted octanol–water partition coefficient (Wildman–Crippen LogP) is 4.61. The molecule has 0 radical (unpaired) electrons. The average molecular weight is 340 g/mol. The molecule has 116 valence electrons. The molecule has 0 saturated heterocycles. The van der Waals surface area contributed by atoms with E-state index in [0.29, 0.717) is 16.5 Å². The molecule has 0 unspecified atom stereocenters. The van der Waals surface area contributed by atoms with Crippen molar-refractivity contribution in [1.82, 2.24) is 0 Å². The van der Waals surface area contributed by atoms with E-state index in [1.54, 1.807) is 37.3 Å². The average Bonchev–Trinajstić information content (AvgIpc) is 2.49. The van der Waals surface area contributed by atoms with E-state index >= 15 is 0 Å². The number of halogens is 2. The third-order valence-electron chi connectivity index (χ3n) is 2.92. The van der Waals surface area contributed by atoms with Gasteiger partial charge in [0, 0.05) is 10.6 Å². The number of carbonyl (C=O) groups excluding carboxylic acids is 1. The lowest BCUT2D eigenvalue weighted by molar-refractivity contribution is -0.115. The lowest BCUT2D eigenvalue weighted by Crippen LogP contribution is -2.22. The molecule has 0 aliphatic carbocycles. The van der Waals surface area contributed by atoms with Crippen molar-refractivity contribution in [3.05, 3.63) is 53.3 Å². The Hall–Kier alpha value is -1.72. The van der Waals surface area contributed by atoms with Crippen LogP contribution in [0.5, 0.6) is 5.75 Å². The van der Waals surface area contributed by atoms with Gasteiger partial charge in [0.25, 0.3) is 0 Å². The molecule has 0 spiro atoms. The summed E-state index contributed by atoms with van der Waals surface area (Å²) in [5.41, 5.74) is 0.599. The number of thioether (sulfide) groups is 1. The number of hydrogen-bond donors (Lipinski definition) is 1. The Morgan fingerprint density at radius 3 is 2.55 bits per heavy atom. The Morgan fingerprint density at radius 1 is 1.27 bits per heavy atom. The number of rotatable bonds is 5. The summed E-state index contributed by atoms with van der Waals surface area (Å²) in [6.45, 7) is 1.79. The molecule has 1 amide bonds. The van der Waals surface area contributed by atoms with E-state index in [1.165, 1.54) is 31.0 Å². The minimum absolute atomic E-state index is 0.157. The topological polar surface area (TPSA) is 38.3 Å². The normalized spacial score (nSPS) is 11.8. The molecule has 2 aromatic rings. The number of ether oxygens (including phenoxy) is 1. The second-order valence-corrected chi connectivity index (χ2v) is 6.37. The molecule has 2 aromatic carbocycles. The van der Waals surface area contributed by atoms with Gasteiger partial charge in [-0.1, -0.05) is 11.6 Å². The lowest BCUT2D eigenvalue weighted by Gasteiger charge is -2.13. The van der Waals surface area contributed by atoms with Crippen LogP contribution >= 0.6 is 23.4 Å². The number of amides is 1. The fourth-order valence-corrected chi connectivity index (χ4v) is 2.88. The van der Waals surface area contributed by atoms with Gasteiger partial charge in [-0.2, -0.15) is 0 Å². The summed E-state index contributed by atoms with van der Waals surface area (Å²) in [6.07, 6.45) is 0. The fourth-order valence-electron chi connectivity index (χ4n) is 1.76. The minimum atomic E-state index is -0.327. The molecule has 0 fully saturated rings. The number of hydrogen-bond acceptors (Lipinski definition) is 3. The van der Waals surface area contributed by atoms with Gasteiger partial charge in [-0.3, -0.25) is 4.79 Å². The van der Waals surface area contributed by atoms with Crippen molar-refractivity contribution < 1.29 is 13.9 Å². The van der Waals surface area contributed by atoms with Gasteiger partial charge >= 0.3 is 0 Å². The van der Waals surface area contributed by atoms with E-state index < -0.39 is 0 Å². The van der Waals surface area contributed by atoms with Gasteiger partial charge in [0.15, 0.2) is 0 Å². The Balaban J connectivity index is 1.99. The summed E-state index contributed by atoms with van der Waals surface area (Å²) in [4.78, 5) is 13.0. The van der Waals surface area contributed by atoms with Crippen LogP contribution in [0.15, 0.2) is 47.4 Å². The molecule has 0 heterocycles. The van der Waals surface area contributed by atoms with Crippen molar-refractivity contribution in [2.45, 2.75) is 17.1 Å². The SMILES string of the molecule is COc1ccc(NC(=O)[C@@H](C)Sc2ccc(F)cc2)cc1Cl. The van der Waals surface area contributed by atoms with Crippen molar-refractivity contribution >= 4 is 35.0 Å². The third kappa shape index (κ3) is 4.39. The van der Waals surface area contributed by atoms with Crippen LogP contribution in [0.2, 0.25) is 5.02 Å². The van der Waals surface area contributed by atoms with Crippen molar-refractivity contribution in [2.75, 3.05) is 12.4 Å². The number of anilines is 1. The standard InChI is InChI=1S/C16H15ClFNO2S/c1-10(22-13-6-3-11(18)4-7-13)16(20)19-12-5-8-15(21-2)14(17)9-12/h3-10H,1-2H3,(H,19,20)/t10-/m1/s1. The summed E-state index contributed by atoms with van der Waals surface area (Å²) >= 11 is 7.38. The van der Waals surface area contributed by atoms with Crippen LogP contribution in [0.4, 0.5) is 10.1 Å². The van der Waals surface area contributed by atoms with Gasteiger partial charge in [-0.25, -0.2) is 4.39 Å². The first-order valence-corrected chi connectivity index (χ1v) is 7.82. The highest BCUT2D eigenvalue weighted by Crippen LogP contribution is 2.28. The second kappa shape index (κ2) is 7.51. The lowest BCUT2D eigenvalue weighted by atomic mass is 10.3. The largest absolute Gasteiger partial charge is 0.495 e. The molecular formula is C16H15ClFNO2S. The van der Waals surface area contributed by atoms with E-state index in [2.05, 4.69) is 5.32 Å². The zero-order valence-electron chi connectivity index (χ0n) is 12.1. The van der Waals surface area contributed by atoms with Gasteiger partial charge in [-0.15, -0.1) is 11.8 Å². The Labute approximate surface area is 137 Å². The number of methoxy groups -OCH3 is 1. The number of nitrogens with one attached hydrogen (secondary N) is 1. The molecule has 6 heteroatoms. The first-order valence-electron chi connectivity index (χ1n) is 6.56. The van der Waals surface area contributed by atoms with Gasteiger partial charge in [0.1, 0.15) is 11.6 Å². The predicted molar refractivity (Wildman–Crippen MR) is 88.4 cm³/mol. The monoisotopic (exact) mass is 339 g/mol. The summed E-state index contributed by atoms with van der Waals surface area (Å²) in [5.74, 6) is 0.0956.